The zero-order chi connectivity index (χ0) is 17.0. The van der Waals surface area contributed by atoms with Gasteiger partial charge in [0.1, 0.15) is 0 Å². The van der Waals surface area contributed by atoms with Gasteiger partial charge < -0.3 is 14.4 Å². The van der Waals surface area contributed by atoms with E-state index in [1.54, 1.807) is 19.2 Å². The number of methoxy groups -OCH3 is 1. The Morgan fingerprint density at radius 3 is 2.65 bits per heavy atom. The van der Waals surface area contributed by atoms with Crippen LogP contribution >= 0.6 is 11.6 Å². The van der Waals surface area contributed by atoms with Gasteiger partial charge in [-0.2, -0.15) is 0 Å². The average Bonchev–Trinajstić information content (AvgIpc) is 2.55. The van der Waals surface area contributed by atoms with E-state index in [0.29, 0.717) is 34.6 Å². The largest absolute Gasteiger partial charge is 0.493 e. The maximum Gasteiger partial charge on any atom is 0.254 e. The quantitative estimate of drug-likeness (QED) is 0.798. The molecule has 23 heavy (non-hydrogen) atoms. The van der Waals surface area contributed by atoms with E-state index in [9.17, 15) is 4.79 Å². The van der Waals surface area contributed by atoms with Crippen LogP contribution in [-0.4, -0.2) is 37.6 Å². The van der Waals surface area contributed by atoms with Crippen molar-refractivity contribution in [2.75, 3.05) is 20.8 Å². The molecule has 2 unspecified atom stereocenters. The topological polar surface area (TPSA) is 38.8 Å². The second kappa shape index (κ2) is 7.91. The lowest BCUT2D eigenvalue weighted by Crippen LogP contribution is -2.42. The molecule has 4 nitrogen and oxygen atoms in total. The van der Waals surface area contributed by atoms with Crippen molar-refractivity contribution in [3.63, 3.8) is 0 Å². The predicted octanol–water partition coefficient (Wildman–Crippen LogP) is 4.40. The molecular weight excluding hydrogens is 314 g/mol. The first kappa shape index (κ1) is 17.9. The molecule has 0 aromatic heterocycles. The molecule has 0 heterocycles. The second-order valence-electron chi connectivity index (χ2n) is 6.17. The smallest absolute Gasteiger partial charge is 0.254 e. The van der Waals surface area contributed by atoms with E-state index in [-0.39, 0.29) is 11.9 Å². The molecule has 0 aliphatic heterocycles. The minimum Gasteiger partial charge on any atom is -0.493 e. The van der Waals surface area contributed by atoms with Crippen LogP contribution in [0.3, 0.4) is 0 Å². The number of halogens is 1. The molecule has 1 saturated carbocycles. The summed E-state index contributed by atoms with van der Waals surface area (Å²) in [5.74, 6) is 1.49. The average molecular weight is 340 g/mol. The van der Waals surface area contributed by atoms with Crippen molar-refractivity contribution in [1.82, 2.24) is 4.90 Å². The van der Waals surface area contributed by atoms with Gasteiger partial charge in [0, 0.05) is 18.7 Å². The molecule has 0 bridgehead atoms. The van der Waals surface area contributed by atoms with E-state index in [4.69, 9.17) is 21.1 Å². The molecule has 1 amide bonds. The maximum atomic E-state index is 12.8. The number of hydrogen-bond donors (Lipinski definition) is 0. The standard InChI is InChI=1S/C18H26ClNO3/c1-5-23-17-14(19)10-13(11-16(17)22-4)18(21)20(3)15-9-7-6-8-12(15)2/h10-12,15H,5-9H2,1-4H3. The highest BCUT2D eigenvalue weighted by molar-refractivity contribution is 6.32. The van der Waals surface area contributed by atoms with Crippen LogP contribution in [-0.2, 0) is 0 Å². The maximum absolute atomic E-state index is 12.8. The molecule has 1 aliphatic rings. The zero-order valence-electron chi connectivity index (χ0n) is 14.4. The fourth-order valence-corrected chi connectivity index (χ4v) is 3.62. The molecule has 1 aromatic rings. The number of nitrogens with zero attached hydrogens (tertiary/aromatic N) is 1. The Kier molecular flexibility index (Phi) is 6.17. The first-order valence-electron chi connectivity index (χ1n) is 8.27. The summed E-state index contributed by atoms with van der Waals surface area (Å²) in [4.78, 5) is 14.7. The molecule has 5 heteroatoms. The lowest BCUT2D eigenvalue weighted by molar-refractivity contribution is 0.0628. The van der Waals surface area contributed by atoms with Gasteiger partial charge in [-0.15, -0.1) is 0 Å². The summed E-state index contributed by atoms with van der Waals surface area (Å²) < 4.78 is 10.8. The summed E-state index contributed by atoms with van der Waals surface area (Å²) in [5.41, 5.74) is 0.538. The van der Waals surface area contributed by atoms with Crippen LogP contribution in [0.4, 0.5) is 0 Å². The number of benzene rings is 1. The Labute approximate surface area is 143 Å². The highest BCUT2D eigenvalue weighted by Gasteiger charge is 2.29. The van der Waals surface area contributed by atoms with Crippen LogP contribution in [0.25, 0.3) is 0 Å². The third kappa shape index (κ3) is 3.92. The van der Waals surface area contributed by atoms with Crippen molar-refractivity contribution in [2.24, 2.45) is 5.92 Å². The summed E-state index contributed by atoms with van der Waals surface area (Å²) in [7, 11) is 3.43. The number of ether oxygens (including phenoxy) is 2. The molecular formula is C18H26ClNO3. The SMILES string of the molecule is CCOc1c(Cl)cc(C(=O)N(C)C2CCCCC2C)cc1OC. The number of hydrogen-bond acceptors (Lipinski definition) is 3. The molecule has 0 radical (unpaired) electrons. The number of carbonyl (C=O) groups excluding carboxylic acids is 1. The van der Waals surface area contributed by atoms with Gasteiger partial charge in [0.2, 0.25) is 0 Å². The fourth-order valence-electron chi connectivity index (χ4n) is 3.35. The van der Waals surface area contributed by atoms with Crippen molar-refractivity contribution in [1.29, 1.82) is 0 Å². The first-order chi connectivity index (χ1) is 11.0. The Morgan fingerprint density at radius 1 is 1.35 bits per heavy atom. The van der Waals surface area contributed by atoms with Crippen LogP contribution in [0.1, 0.15) is 49.9 Å². The molecule has 128 valence electrons. The van der Waals surface area contributed by atoms with Crippen LogP contribution < -0.4 is 9.47 Å². The van der Waals surface area contributed by atoms with Crippen molar-refractivity contribution in [2.45, 2.75) is 45.6 Å². The van der Waals surface area contributed by atoms with Gasteiger partial charge in [0.15, 0.2) is 11.5 Å². The molecule has 0 N–H and O–H groups in total. The molecule has 0 saturated heterocycles. The van der Waals surface area contributed by atoms with Crippen molar-refractivity contribution >= 4 is 17.5 Å². The van der Waals surface area contributed by atoms with Gasteiger partial charge >= 0.3 is 0 Å². The van der Waals surface area contributed by atoms with Gasteiger partial charge in [0.05, 0.1) is 18.7 Å². The summed E-state index contributed by atoms with van der Waals surface area (Å²) in [5, 5.41) is 0.402. The Balaban J connectivity index is 2.26. The van der Waals surface area contributed by atoms with Gasteiger partial charge in [-0.1, -0.05) is 31.4 Å². The minimum atomic E-state index is -0.0213. The Hall–Kier alpha value is -1.42. The van der Waals surface area contributed by atoms with Crippen molar-refractivity contribution in [3.8, 4) is 11.5 Å². The van der Waals surface area contributed by atoms with E-state index < -0.39 is 0 Å². The van der Waals surface area contributed by atoms with Crippen molar-refractivity contribution < 1.29 is 14.3 Å². The molecule has 1 aliphatic carbocycles. The highest BCUT2D eigenvalue weighted by atomic mass is 35.5. The molecule has 2 rings (SSSR count). The monoisotopic (exact) mass is 339 g/mol. The minimum absolute atomic E-state index is 0.0213. The number of amides is 1. The third-order valence-electron chi connectivity index (χ3n) is 4.65. The summed E-state index contributed by atoms with van der Waals surface area (Å²) in [6, 6.07) is 3.66. The van der Waals surface area contributed by atoms with E-state index in [2.05, 4.69) is 6.92 Å². The normalized spacial score (nSPS) is 20.9. The molecule has 1 aromatic carbocycles. The van der Waals surface area contributed by atoms with Crippen LogP contribution in [0.5, 0.6) is 11.5 Å². The van der Waals surface area contributed by atoms with Gasteiger partial charge in [-0.3, -0.25) is 4.79 Å². The second-order valence-corrected chi connectivity index (χ2v) is 6.57. The number of rotatable bonds is 5. The molecule has 2 atom stereocenters. The van der Waals surface area contributed by atoms with Crippen molar-refractivity contribution in [3.05, 3.63) is 22.7 Å². The number of carbonyl (C=O) groups is 1. The fraction of sp³-hybridized carbons (Fsp3) is 0.611. The zero-order valence-corrected chi connectivity index (χ0v) is 15.2. The Morgan fingerprint density at radius 2 is 2.04 bits per heavy atom. The van der Waals surface area contributed by atoms with E-state index in [1.807, 2.05) is 18.9 Å². The van der Waals surface area contributed by atoms with Gasteiger partial charge in [0.25, 0.3) is 5.91 Å². The molecule has 1 fully saturated rings. The van der Waals surface area contributed by atoms with Gasteiger partial charge in [-0.25, -0.2) is 0 Å². The summed E-state index contributed by atoms with van der Waals surface area (Å²) >= 11 is 6.28. The van der Waals surface area contributed by atoms with Crippen LogP contribution in [0, 0.1) is 5.92 Å². The molecule has 0 spiro atoms. The summed E-state index contributed by atoms with van der Waals surface area (Å²) in [6.07, 6.45) is 4.67. The third-order valence-corrected chi connectivity index (χ3v) is 4.93. The van der Waals surface area contributed by atoms with Crippen LogP contribution in [0.2, 0.25) is 5.02 Å². The lowest BCUT2D eigenvalue weighted by atomic mass is 9.85. The lowest BCUT2D eigenvalue weighted by Gasteiger charge is -2.36. The van der Waals surface area contributed by atoms with Gasteiger partial charge in [-0.05, 0) is 37.8 Å². The van der Waals surface area contributed by atoms with E-state index >= 15 is 0 Å². The predicted molar refractivity (Wildman–Crippen MR) is 92.7 cm³/mol. The first-order valence-corrected chi connectivity index (χ1v) is 8.64. The van der Waals surface area contributed by atoms with Crippen LogP contribution in [0.15, 0.2) is 12.1 Å². The summed E-state index contributed by atoms with van der Waals surface area (Å²) in [6.45, 7) is 4.59. The highest BCUT2D eigenvalue weighted by Crippen LogP contribution is 2.37. The van der Waals surface area contributed by atoms with E-state index in [0.717, 1.165) is 6.42 Å². The van der Waals surface area contributed by atoms with E-state index in [1.165, 1.54) is 19.3 Å². The Bertz CT molecular complexity index is 561.